The zero-order valence-electron chi connectivity index (χ0n) is 12.0. The maximum Gasteiger partial charge on any atom is 0.142 e. The second-order valence-electron chi connectivity index (χ2n) is 5.12. The summed E-state index contributed by atoms with van der Waals surface area (Å²) < 4.78 is 5.55. The zero-order chi connectivity index (χ0) is 13.9. The highest BCUT2D eigenvalue weighted by molar-refractivity contribution is 5.79. The van der Waals surface area contributed by atoms with Gasteiger partial charge in [-0.15, -0.1) is 0 Å². The number of methoxy groups -OCH3 is 1. The first-order valence-electron chi connectivity index (χ1n) is 7.04. The molecular weight excluding hydrogens is 248 g/mol. The smallest absolute Gasteiger partial charge is 0.142 e. The lowest BCUT2D eigenvalue weighted by atomic mass is 10.1. The van der Waals surface area contributed by atoms with Crippen LogP contribution in [-0.2, 0) is 0 Å². The number of rotatable bonds is 2. The fraction of sp³-hybridized carbons (Fsp3) is 0.294. The van der Waals surface area contributed by atoms with Gasteiger partial charge in [-0.25, -0.2) is 0 Å². The van der Waals surface area contributed by atoms with Gasteiger partial charge in [-0.1, -0.05) is 18.2 Å². The van der Waals surface area contributed by atoms with Gasteiger partial charge in [0, 0.05) is 13.1 Å². The lowest BCUT2D eigenvalue weighted by Gasteiger charge is -2.26. The Hall–Kier alpha value is -2.16. The molecule has 0 aromatic heterocycles. The summed E-state index contributed by atoms with van der Waals surface area (Å²) in [5, 5.41) is 3.49. The number of para-hydroxylation sites is 2. The van der Waals surface area contributed by atoms with E-state index in [1.54, 1.807) is 7.11 Å². The molecule has 0 spiro atoms. The summed E-state index contributed by atoms with van der Waals surface area (Å²) in [4.78, 5) is 2.35. The van der Waals surface area contributed by atoms with Crippen LogP contribution in [0.15, 0.2) is 42.5 Å². The Morgan fingerprint density at radius 3 is 2.80 bits per heavy atom. The molecule has 3 rings (SSSR count). The quantitative estimate of drug-likeness (QED) is 0.892. The van der Waals surface area contributed by atoms with E-state index in [1.807, 2.05) is 6.07 Å². The Kier molecular flexibility index (Phi) is 3.50. The highest BCUT2D eigenvalue weighted by Gasteiger charge is 2.19. The predicted octanol–water partition coefficient (Wildman–Crippen LogP) is 3.96. The fourth-order valence-corrected chi connectivity index (χ4v) is 2.70. The van der Waals surface area contributed by atoms with Crippen LogP contribution >= 0.6 is 0 Å². The molecule has 0 bridgehead atoms. The zero-order valence-corrected chi connectivity index (χ0v) is 12.0. The number of hydrogen-bond donors (Lipinski definition) is 1. The maximum absolute atomic E-state index is 5.55. The van der Waals surface area contributed by atoms with Crippen molar-refractivity contribution in [2.75, 3.05) is 30.4 Å². The van der Waals surface area contributed by atoms with Crippen molar-refractivity contribution in [3.8, 4) is 5.75 Å². The van der Waals surface area contributed by atoms with Crippen LogP contribution < -0.4 is 15.0 Å². The Labute approximate surface area is 120 Å². The third-order valence-electron chi connectivity index (χ3n) is 3.69. The largest absolute Gasteiger partial charge is 0.495 e. The summed E-state index contributed by atoms with van der Waals surface area (Å²) >= 11 is 0. The molecule has 20 heavy (non-hydrogen) atoms. The number of anilines is 3. The number of aryl methyl sites for hydroxylation is 1. The summed E-state index contributed by atoms with van der Waals surface area (Å²) in [6.45, 7) is 4.11. The van der Waals surface area contributed by atoms with Crippen LogP contribution in [0.5, 0.6) is 5.75 Å². The predicted molar refractivity (Wildman–Crippen MR) is 84.3 cm³/mol. The van der Waals surface area contributed by atoms with Gasteiger partial charge in [0.05, 0.1) is 24.2 Å². The van der Waals surface area contributed by atoms with E-state index in [0.29, 0.717) is 0 Å². The topological polar surface area (TPSA) is 24.5 Å². The van der Waals surface area contributed by atoms with Crippen LogP contribution in [-0.4, -0.2) is 20.2 Å². The highest BCUT2D eigenvalue weighted by atomic mass is 16.5. The monoisotopic (exact) mass is 268 g/mol. The van der Waals surface area contributed by atoms with Crippen molar-refractivity contribution < 1.29 is 4.74 Å². The molecule has 3 nitrogen and oxygen atoms in total. The van der Waals surface area contributed by atoms with Gasteiger partial charge in [0.15, 0.2) is 0 Å². The number of nitrogens with zero attached hydrogens (tertiary/aromatic N) is 1. The lowest BCUT2D eigenvalue weighted by Crippen LogP contribution is -2.18. The Morgan fingerprint density at radius 1 is 1.10 bits per heavy atom. The SMILES string of the molecule is COc1ccc(C)cc1N1CCCNc2ccccc21. The first kappa shape index (κ1) is 12.9. The minimum atomic E-state index is 0.923. The van der Waals surface area contributed by atoms with Gasteiger partial charge in [0.2, 0.25) is 0 Å². The molecule has 1 aliphatic heterocycles. The number of benzene rings is 2. The number of hydrogen-bond acceptors (Lipinski definition) is 3. The van der Waals surface area contributed by atoms with E-state index in [0.717, 1.165) is 30.9 Å². The number of ether oxygens (including phenoxy) is 1. The normalized spacial score (nSPS) is 14.2. The molecular formula is C17H20N2O. The van der Waals surface area contributed by atoms with Crippen LogP contribution in [0.1, 0.15) is 12.0 Å². The second kappa shape index (κ2) is 5.45. The van der Waals surface area contributed by atoms with Gasteiger partial charge in [-0.05, 0) is 43.2 Å². The molecule has 0 radical (unpaired) electrons. The van der Waals surface area contributed by atoms with Crippen molar-refractivity contribution in [3.63, 3.8) is 0 Å². The van der Waals surface area contributed by atoms with E-state index >= 15 is 0 Å². The molecule has 0 amide bonds. The minimum absolute atomic E-state index is 0.923. The van der Waals surface area contributed by atoms with Gasteiger partial charge in [0.25, 0.3) is 0 Å². The van der Waals surface area contributed by atoms with Crippen LogP contribution in [0.3, 0.4) is 0 Å². The average Bonchev–Trinajstić information content (AvgIpc) is 2.69. The summed E-state index contributed by atoms with van der Waals surface area (Å²) in [6.07, 6.45) is 1.10. The molecule has 0 aliphatic carbocycles. The molecule has 0 saturated carbocycles. The molecule has 104 valence electrons. The van der Waals surface area contributed by atoms with Crippen molar-refractivity contribution in [2.45, 2.75) is 13.3 Å². The fourth-order valence-electron chi connectivity index (χ4n) is 2.70. The summed E-state index contributed by atoms with van der Waals surface area (Å²) in [7, 11) is 1.73. The van der Waals surface area contributed by atoms with Crippen molar-refractivity contribution in [1.82, 2.24) is 0 Å². The summed E-state index contributed by atoms with van der Waals surface area (Å²) in [5.41, 5.74) is 4.79. The van der Waals surface area contributed by atoms with Crippen LogP contribution in [0.25, 0.3) is 0 Å². The van der Waals surface area contributed by atoms with Crippen molar-refractivity contribution in [3.05, 3.63) is 48.0 Å². The first-order chi connectivity index (χ1) is 9.79. The third kappa shape index (κ3) is 2.31. The third-order valence-corrected chi connectivity index (χ3v) is 3.69. The van der Waals surface area contributed by atoms with Gasteiger partial charge < -0.3 is 15.0 Å². The van der Waals surface area contributed by atoms with E-state index in [1.165, 1.54) is 16.9 Å². The van der Waals surface area contributed by atoms with Crippen LogP contribution in [0.2, 0.25) is 0 Å². The van der Waals surface area contributed by atoms with E-state index in [4.69, 9.17) is 4.74 Å². The Bertz CT molecular complexity index is 610. The molecule has 1 aliphatic rings. The molecule has 0 fully saturated rings. The van der Waals surface area contributed by atoms with Gasteiger partial charge >= 0.3 is 0 Å². The molecule has 1 heterocycles. The van der Waals surface area contributed by atoms with E-state index < -0.39 is 0 Å². The molecule has 3 heteroatoms. The first-order valence-corrected chi connectivity index (χ1v) is 7.04. The van der Waals surface area contributed by atoms with Gasteiger partial charge in [-0.3, -0.25) is 0 Å². The lowest BCUT2D eigenvalue weighted by molar-refractivity contribution is 0.415. The maximum atomic E-state index is 5.55. The molecule has 2 aromatic carbocycles. The highest BCUT2D eigenvalue weighted by Crippen LogP contribution is 2.39. The number of nitrogens with one attached hydrogen (secondary N) is 1. The molecule has 2 aromatic rings. The van der Waals surface area contributed by atoms with Crippen LogP contribution in [0.4, 0.5) is 17.1 Å². The Morgan fingerprint density at radius 2 is 1.95 bits per heavy atom. The van der Waals surface area contributed by atoms with E-state index in [9.17, 15) is 0 Å². The van der Waals surface area contributed by atoms with Crippen molar-refractivity contribution in [2.24, 2.45) is 0 Å². The number of fused-ring (bicyclic) bond motifs is 1. The van der Waals surface area contributed by atoms with E-state index in [2.05, 4.69) is 53.5 Å². The van der Waals surface area contributed by atoms with Crippen molar-refractivity contribution in [1.29, 1.82) is 0 Å². The van der Waals surface area contributed by atoms with Crippen LogP contribution in [0, 0.1) is 6.92 Å². The van der Waals surface area contributed by atoms with E-state index in [-0.39, 0.29) is 0 Å². The molecule has 0 atom stereocenters. The summed E-state index contributed by atoms with van der Waals surface area (Å²) in [6, 6.07) is 14.8. The van der Waals surface area contributed by atoms with Gasteiger partial charge in [0.1, 0.15) is 5.75 Å². The molecule has 1 N–H and O–H groups in total. The Balaban J connectivity index is 2.12. The standard InChI is InChI=1S/C17H20N2O/c1-13-8-9-17(20-2)16(12-13)19-11-5-10-18-14-6-3-4-7-15(14)19/h3-4,6-9,12,18H,5,10-11H2,1-2H3. The minimum Gasteiger partial charge on any atom is -0.495 e. The van der Waals surface area contributed by atoms with Crippen molar-refractivity contribution >= 4 is 17.1 Å². The second-order valence-corrected chi connectivity index (χ2v) is 5.12. The average molecular weight is 268 g/mol. The van der Waals surface area contributed by atoms with Gasteiger partial charge in [-0.2, -0.15) is 0 Å². The summed E-state index contributed by atoms with van der Waals surface area (Å²) in [5.74, 6) is 0.923. The molecule has 0 saturated heterocycles. The molecule has 0 unspecified atom stereocenters.